The molecule has 0 spiro atoms. The molecule has 3 aromatic rings. The molecule has 2 fully saturated rings. The minimum Gasteiger partial charge on any atom is -0.380 e. The molecular weight excluding hydrogens is 492 g/mol. The van der Waals surface area contributed by atoms with Crippen molar-refractivity contribution < 1.29 is 9.59 Å². The largest absolute Gasteiger partial charge is 0.380 e. The fraction of sp³-hybridized carbons (Fsp3) is 0.483. The van der Waals surface area contributed by atoms with Crippen LogP contribution in [-0.4, -0.2) is 96.1 Å². The van der Waals surface area contributed by atoms with Crippen molar-refractivity contribution in [2.45, 2.75) is 39.8 Å². The highest BCUT2D eigenvalue weighted by Gasteiger charge is 2.28. The van der Waals surface area contributed by atoms with Crippen molar-refractivity contribution >= 4 is 40.0 Å². The first-order valence-electron chi connectivity index (χ1n) is 14.0. The summed E-state index contributed by atoms with van der Waals surface area (Å²) in [6.07, 6.45) is 1.81. The van der Waals surface area contributed by atoms with E-state index in [2.05, 4.69) is 45.4 Å². The summed E-state index contributed by atoms with van der Waals surface area (Å²) in [7, 11) is 0. The molecule has 0 aliphatic carbocycles. The highest BCUT2D eigenvalue weighted by molar-refractivity contribution is 6.00. The summed E-state index contributed by atoms with van der Waals surface area (Å²) >= 11 is 0. The molecule has 1 aromatic carbocycles. The van der Waals surface area contributed by atoms with Gasteiger partial charge in [-0.2, -0.15) is 0 Å². The summed E-state index contributed by atoms with van der Waals surface area (Å²) in [6.45, 7) is 14.0. The van der Waals surface area contributed by atoms with Gasteiger partial charge in [-0.1, -0.05) is 0 Å². The van der Waals surface area contributed by atoms with Crippen molar-refractivity contribution in [3.05, 3.63) is 48.3 Å². The molecule has 39 heavy (non-hydrogen) atoms. The van der Waals surface area contributed by atoms with Gasteiger partial charge in [-0.3, -0.25) is 9.69 Å². The van der Waals surface area contributed by atoms with Crippen LogP contribution in [0.25, 0.3) is 10.9 Å². The number of amides is 3. The van der Waals surface area contributed by atoms with Gasteiger partial charge < -0.3 is 30.3 Å². The Morgan fingerprint density at radius 3 is 2.38 bits per heavy atom. The van der Waals surface area contributed by atoms with Gasteiger partial charge in [0.05, 0.1) is 5.69 Å². The van der Waals surface area contributed by atoms with Crippen molar-refractivity contribution in [1.29, 1.82) is 0 Å². The van der Waals surface area contributed by atoms with Gasteiger partial charge in [0.1, 0.15) is 5.69 Å². The van der Waals surface area contributed by atoms with Crippen LogP contribution in [0.3, 0.4) is 0 Å². The Morgan fingerprint density at radius 1 is 0.949 bits per heavy atom. The minimum atomic E-state index is -0.00782. The van der Waals surface area contributed by atoms with E-state index in [4.69, 9.17) is 0 Å². The van der Waals surface area contributed by atoms with Crippen LogP contribution in [0.5, 0.6) is 0 Å². The number of rotatable bonds is 6. The Balaban J connectivity index is 1.28. The Kier molecular flexibility index (Phi) is 7.92. The number of H-pyrrole nitrogens is 1. The predicted octanol–water partition coefficient (Wildman–Crippen LogP) is 3.59. The van der Waals surface area contributed by atoms with Gasteiger partial charge >= 0.3 is 6.03 Å². The van der Waals surface area contributed by atoms with Crippen LogP contribution in [-0.2, 0) is 0 Å². The Labute approximate surface area is 230 Å². The molecule has 2 saturated heterocycles. The fourth-order valence-electron chi connectivity index (χ4n) is 5.39. The molecule has 4 heterocycles. The number of benzene rings is 1. The quantitative estimate of drug-likeness (QED) is 0.449. The van der Waals surface area contributed by atoms with Crippen molar-refractivity contribution in [2.24, 2.45) is 0 Å². The molecule has 2 aliphatic rings. The molecule has 3 N–H and O–H groups in total. The standard InChI is InChI=1S/C29H40N8O2/c1-20(2)32-25-6-5-9-31-27(25)34-14-16-35(17-15-34)28(38)26-19-22-18-23(7-8-24(22)33-26)37(21(3)4)29(39)36-12-10-30-11-13-36/h5-9,18-21,30,32-33H,10-17H2,1-4H3. The van der Waals surface area contributed by atoms with Crippen molar-refractivity contribution in [3.63, 3.8) is 0 Å². The summed E-state index contributed by atoms with van der Waals surface area (Å²) in [5.41, 5.74) is 3.32. The maximum Gasteiger partial charge on any atom is 0.324 e. The van der Waals surface area contributed by atoms with Gasteiger partial charge in [0.2, 0.25) is 0 Å². The van der Waals surface area contributed by atoms with Crippen LogP contribution < -0.4 is 20.4 Å². The van der Waals surface area contributed by atoms with E-state index in [1.807, 2.05) is 65.1 Å². The molecule has 208 valence electrons. The van der Waals surface area contributed by atoms with E-state index in [0.717, 1.165) is 54.3 Å². The monoisotopic (exact) mass is 532 g/mol. The smallest absolute Gasteiger partial charge is 0.324 e. The van der Waals surface area contributed by atoms with Crippen molar-refractivity contribution in [3.8, 4) is 0 Å². The average Bonchev–Trinajstić information content (AvgIpc) is 3.37. The molecular formula is C29H40N8O2. The lowest BCUT2D eigenvalue weighted by Crippen LogP contribution is -2.53. The molecule has 10 heteroatoms. The molecule has 0 radical (unpaired) electrons. The van der Waals surface area contributed by atoms with E-state index >= 15 is 0 Å². The van der Waals surface area contributed by atoms with E-state index < -0.39 is 0 Å². The lowest BCUT2D eigenvalue weighted by atomic mass is 10.2. The Bertz CT molecular complexity index is 1310. The topological polar surface area (TPSA) is 99.8 Å². The normalized spacial score (nSPS) is 16.3. The van der Waals surface area contributed by atoms with E-state index in [-0.39, 0.29) is 18.0 Å². The number of nitrogens with zero attached hydrogens (tertiary/aromatic N) is 5. The third kappa shape index (κ3) is 5.80. The second kappa shape index (κ2) is 11.5. The third-order valence-electron chi connectivity index (χ3n) is 7.32. The van der Waals surface area contributed by atoms with Gasteiger partial charge in [0, 0.05) is 87.2 Å². The van der Waals surface area contributed by atoms with E-state index in [1.54, 1.807) is 0 Å². The van der Waals surface area contributed by atoms with Crippen LogP contribution in [0.15, 0.2) is 42.6 Å². The number of urea groups is 1. The number of hydrogen-bond acceptors (Lipinski definition) is 6. The second-order valence-electron chi connectivity index (χ2n) is 10.9. The lowest BCUT2D eigenvalue weighted by Gasteiger charge is -2.36. The maximum atomic E-state index is 13.4. The van der Waals surface area contributed by atoms with Crippen LogP contribution >= 0.6 is 0 Å². The summed E-state index contributed by atoms with van der Waals surface area (Å²) in [5, 5.41) is 7.69. The van der Waals surface area contributed by atoms with Gasteiger partial charge in [0.15, 0.2) is 5.82 Å². The van der Waals surface area contributed by atoms with Crippen LogP contribution in [0.2, 0.25) is 0 Å². The Morgan fingerprint density at radius 2 is 1.69 bits per heavy atom. The van der Waals surface area contributed by atoms with Crippen LogP contribution in [0, 0.1) is 0 Å². The molecule has 0 atom stereocenters. The van der Waals surface area contributed by atoms with Crippen LogP contribution in [0.1, 0.15) is 38.2 Å². The van der Waals surface area contributed by atoms with E-state index in [0.29, 0.717) is 37.9 Å². The number of hydrogen-bond donors (Lipinski definition) is 3. The average molecular weight is 533 g/mol. The van der Waals surface area contributed by atoms with Crippen molar-refractivity contribution in [1.82, 2.24) is 25.1 Å². The third-order valence-corrected chi connectivity index (χ3v) is 7.32. The molecule has 10 nitrogen and oxygen atoms in total. The zero-order chi connectivity index (χ0) is 27.5. The number of carbonyl (C=O) groups is 2. The van der Waals surface area contributed by atoms with Gasteiger partial charge in [-0.25, -0.2) is 9.78 Å². The predicted molar refractivity (Wildman–Crippen MR) is 157 cm³/mol. The van der Waals surface area contributed by atoms with Gasteiger partial charge in [-0.15, -0.1) is 0 Å². The number of nitrogens with one attached hydrogen (secondary N) is 3. The van der Waals surface area contributed by atoms with Gasteiger partial charge in [0.25, 0.3) is 5.91 Å². The molecule has 5 rings (SSSR count). The number of pyridine rings is 1. The number of carbonyl (C=O) groups excluding carboxylic acids is 2. The summed E-state index contributed by atoms with van der Waals surface area (Å²) in [4.78, 5) is 42.6. The SMILES string of the molecule is CC(C)Nc1cccnc1N1CCN(C(=O)c2cc3cc(N(C(=O)N4CCNCC4)C(C)C)ccc3[nH]2)CC1. The molecule has 0 saturated carbocycles. The van der Waals surface area contributed by atoms with E-state index in [9.17, 15) is 9.59 Å². The lowest BCUT2D eigenvalue weighted by molar-refractivity contribution is 0.0741. The summed E-state index contributed by atoms with van der Waals surface area (Å²) in [6, 6.07) is 12.2. The summed E-state index contributed by atoms with van der Waals surface area (Å²) < 4.78 is 0. The minimum absolute atomic E-state index is 0.00782. The van der Waals surface area contributed by atoms with Gasteiger partial charge in [-0.05, 0) is 64.1 Å². The first-order chi connectivity index (χ1) is 18.8. The number of anilines is 3. The highest BCUT2D eigenvalue weighted by atomic mass is 16.2. The molecule has 2 aromatic heterocycles. The van der Waals surface area contributed by atoms with E-state index in [1.165, 1.54) is 0 Å². The number of aromatic nitrogens is 2. The zero-order valence-corrected chi connectivity index (χ0v) is 23.4. The maximum absolute atomic E-state index is 13.4. The molecule has 2 aliphatic heterocycles. The number of fused-ring (bicyclic) bond motifs is 1. The number of piperazine rings is 2. The first-order valence-corrected chi connectivity index (χ1v) is 14.0. The fourth-order valence-corrected chi connectivity index (χ4v) is 5.39. The second-order valence-corrected chi connectivity index (χ2v) is 10.9. The summed E-state index contributed by atoms with van der Waals surface area (Å²) in [5.74, 6) is 0.924. The zero-order valence-electron chi connectivity index (χ0n) is 23.4. The molecule has 0 bridgehead atoms. The van der Waals surface area contributed by atoms with Crippen molar-refractivity contribution in [2.75, 3.05) is 67.5 Å². The number of aromatic amines is 1. The van der Waals surface area contributed by atoms with Crippen LogP contribution in [0.4, 0.5) is 22.0 Å². The molecule has 0 unspecified atom stereocenters. The Hall–Kier alpha value is -3.79. The highest BCUT2D eigenvalue weighted by Crippen LogP contribution is 2.28. The first kappa shape index (κ1) is 26.8. The molecule has 3 amide bonds.